The number of amides is 1. The fraction of sp³-hybridized carbons (Fsp3) is 0.474. The molecule has 150 valence electrons. The molecule has 2 aliphatic heterocycles. The zero-order valence-corrected chi connectivity index (χ0v) is 16.5. The highest BCUT2D eigenvalue weighted by molar-refractivity contribution is 7.89. The van der Waals surface area contributed by atoms with Crippen LogP contribution in [0.25, 0.3) is 0 Å². The third kappa shape index (κ3) is 3.77. The Bertz CT molecular complexity index is 893. The van der Waals surface area contributed by atoms with Crippen LogP contribution in [0.15, 0.2) is 47.9 Å². The van der Waals surface area contributed by atoms with Crippen LogP contribution in [0.5, 0.6) is 0 Å². The molecule has 8 nitrogen and oxygen atoms in total. The second-order valence-electron chi connectivity index (χ2n) is 7.27. The Balaban J connectivity index is 1.37. The molecule has 0 bridgehead atoms. The first kappa shape index (κ1) is 18.9. The highest BCUT2D eigenvalue weighted by atomic mass is 32.2. The molecule has 3 heterocycles. The third-order valence-electron chi connectivity index (χ3n) is 5.54. The van der Waals surface area contributed by atoms with Gasteiger partial charge in [-0.15, -0.1) is 0 Å². The third-order valence-corrected chi connectivity index (χ3v) is 7.33. The molecular formula is C19H25N5O3S. The molecular weight excluding hydrogens is 378 g/mol. The first-order chi connectivity index (χ1) is 13.6. The predicted molar refractivity (Wildman–Crippen MR) is 105 cm³/mol. The zero-order chi connectivity index (χ0) is 19.6. The van der Waals surface area contributed by atoms with Crippen molar-refractivity contribution in [1.29, 1.82) is 0 Å². The number of nitrogens with one attached hydrogen (secondary N) is 1. The Morgan fingerprint density at radius 1 is 1.07 bits per heavy atom. The highest BCUT2D eigenvalue weighted by Crippen LogP contribution is 2.25. The van der Waals surface area contributed by atoms with Crippen LogP contribution >= 0.6 is 0 Å². The monoisotopic (exact) mass is 403 g/mol. The van der Waals surface area contributed by atoms with E-state index in [4.69, 9.17) is 0 Å². The number of nitrogens with zero attached hydrogens (tertiary/aromatic N) is 4. The summed E-state index contributed by atoms with van der Waals surface area (Å²) in [4.78, 5) is 23.6. The fourth-order valence-corrected chi connectivity index (χ4v) is 5.39. The van der Waals surface area contributed by atoms with E-state index in [0.29, 0.717) is 26.1 Å². The molecule has 2 saturated heterocycles. The number of sulfonamides is 1. The molecule has 2 aliphatic rings. The summed E-state index contributed by atoms with van der Waals surface area (Å²) >= 11 is 0. The molecule has 1 atom stereocenters. The van der Waals surface area contributed by atoms with Crippen LogP contribution in [0.1, 0.15) is 12.8 Å². The maximum Gasteiger partial charge on any atom is 0.260 e. The standard InChI is InChI=1S/C19H25N5O3S/c25-19(23-11-9-22(10-12-23)17-6-2-1-3-7-17)16-5-4-8-24(14-16)28(26,27)18-13-20-15-21-18/h1-3,6-7,13,15-16H,4-5,8-12,14H2,(H,20,21). The lowest BCUT2D eigenvalue weighted by atomic mass is 9.97. The molecule has 1 unspecified atom stereocenters. The molecule has 0 spiro atoms. The van der Waals surface area contributed by atoms with Gasteiger partial charge in [-0.25, -0.2) is 13.4 Å². The largest absolute Gasteiger partial charge is 0.368 e. The fourth-order valence-electron chi connectivity index (χ4n) is 3.97. The number of piperazine rings is 1. The summed E-state index contributed by atoms with van der Waals surface area (Å²) < 4.78 is 26.8. The number of aromatic amines is 1. The molecule has 1 N–H and O–H groups in total. The number of rotatable bonds is 4. The SMILES string of the molecule is O=C(C1CCCN(S(=O)(=O)c2cnc[nH]2)C1)N1CCN(c2ccccc2)CC1. The van der Waals surface area contributed by atoms with Crippen LogP contribution < -0.4 is 4.90 Å². The molecule has 4 rings (SSSR count). The Morgan fingerprint density at radius 3 is 2.50 bits per heavy atom. The van der Waals surface area contributed by atoms with E-state index in [1.54, 1.807) is 0 Å². The van der Waals surface area contributed by atoms with Crippen LogP contribution in [0, 0.1) is 5.92 Å². The summed E-state index contributed by atoms with van der Waals surface area (Å²) in [5, 5.41) is 0.0806. The van der Waals surface area contributed by atoms with Crippen LogP contribution in [-0.2, 0) is 14.8 Å². The minimum Gasteiger partial charge on any atom is -0.368 e. The number of para-hydroxylation sites is 1. The zero-order valence-electron chi connectivity index (χ0n) is 15.7. The number of imidazole rings is 1. The number of carbonyl (C=O) groups is 1. The van der Waals surface area contributed by atoms with Crippen molar-refractivity contribution in [2.24, 2.45) is 5.92 Å². The molecule has 0 aliphatic carbocycles. The smallest absolute Gasteiger partial charge is 0.260 e. The minimum absolute atomic E-state index is 0.0669. The van der Waals surface area contributed by atoms with Gasteiger partial charge in [0.2, 0.25) is 5.91 Å². The van der Waals surface area contributed by atoms with Crippen LogP contribution in [0.2, 0.25) is 0 Å². The normalized spacial score (nSPS) is 21.6. The van der Waals surface area contributed by atoms with E-state index in [0.717, 1.165) is 19.5 Å². The molecule has 2 aromatic rings. The summed E-state index contributed by atoms with van der Waals surface area (Å²) in [6, 6.07) is 10.2. The summed E-state index contributed by atoms with van der Waals surface area (Å²) in [7, 11) is -3.62. The lowest BCUT2D eigenvalue weighted by Crippen LogP contribution is -2.53. The van der Waals surface area contributed by atoms with Gasteiger partial charge in [0.1, 0.15) is 0 Å². The molecule has 1 amide bonds. The van der Waals surface area contributed by atoms with Crippen molar-refractivity contribution in [2.45, 2.75) is 17.9 Å². The number of aromatic nitrogens is 2. The van der Waals surface area contributed by atoms with Gasteiger partial charge in [-0.2, -0.15) is 4.31 Å². The van der Waals surface area contributed by atoms with Crippen LogP contribution in [0.3, 0.4) is 0 Å². The number of hydrogen-bond acceptors (Lipinski definition) is 5. The van der Waals surface area contributed by atoms with E-state index in [2.05, 4.69) is 27.0 Å². The molecule has 0 radical (unpaired) electrons. The van der Waals surface area contributed by atoms with Gasteiger partial charge in [-0.3, -0.25) is 4.79 Å². The molecule has 28 heavy (non-hydrogen) atoms. The molecule has 2 fully saturated rings. The van der Waals surface area contributed by atoms with Crippen molar-refractivity contribution in [2.75, 3.05) is 44.2 Å². The van der Waals surface area contributed by atoms with Crippen molar-refractivity contribution >= 4 is 21.6 Å². The molecule has 1 aromatic heterocycles. The van der Waals surface area contributed by atoms with Crippen molar-refractivity contribution in [3.63, 3.8) is 0 Å². The quantitative estimate of drug-likeness (QED) is 0.827. The number of anilines is 1. The minimum atomic E-state index is -3.62. The van der Waals surface area contributed by atoms with Crippen molar-refractivity contribution < 1.29 is 13.2 Å². The average molecular weight is 404 g/mol. The lowest BCUT2D eigenvalue weighted by Gasteiger charge is -2.39. The van der Waals surface area contributed by atoms with Gasteiger partial charge in [0.05, 0.1) is 18.4 Å². The maximum absolute atomic E-state index is 13.0. The van der Waals surface area contributed by atoms with E-state index in [1.165, 1.54) is 22.5 Å². The van der Waals surface area contributed by atoms with Gasteiger partial charge in [-0.05, 0) is 25.0 Å². The Labute approximate surface area is 165 Å². The number of benzene rings is 1. The summed E-state index contributed by atoms with van der Waals surface area (Å²) in [5.41, 5.74) is 1.17. The lowest BCUT2D eigenvalue weighted by molar-refractivity contribution is -0.137. The summed E-state index contributed by atoms with van der Waals surface area (Å²) in [5.74, 6) is -0.216. The van der Waals surface area contributed by atoms with Gasteiger partial charge < -0.3 is 14.8 Å². The van der Waals surface area contributed by atoms with Crippen LogP contribution in [-0.4, -0.2) is 72.8 Å². The molecule has 9 heteroatoms. The van der Waals surface area contributed by atoms with E-state index >= 15 is 0 Å². The first-order valence-electron chi connectivity index (χ1n) is 9.63. The number of piperidine rings is 1. The van der Waals surface area contributed by atoms with Gasteiger partial charge >= 0.3 is 0 Å². The maximum atomic E-state index is 13.0. The van der Waals surface area contributed by atoms with E-state index in [9.17, 15) is 13.2 Å². The van der Waals surface area contributed by atoms with E-state index in [-0.39, 0.29) is 23.4 Å². The van der Waals surface area contributed by atoms with E-state index in [1.807, 2.05) is 23.1 Å². The van der Waals surface area contributed by atoms with Crippen molar-refractivity contribution in [3.05, 3.63) is 42.9 Å². The van der Waals surface area contributed by atoms with Gasteiger partial charge in [0.15, 0.2) is 5.03 Å². The summed E-state index contributed by atoms with van der Waals surface area (Å²) in [6.45, 7) is 3.58. The molecule has 1 aromatic carbocycles. The van der Waals surface area contributed by atoms with Crippen molar-refractivity contribution in [1.82, 2.24) is 19.2 Å². The second-order valence-corrected chi connectivity index (χ2v) is 9.17. The van der Waals surface area contributed by atoms with E-state index < -0.39 is 10.0 Å². The van der Waals surface area contributed by atoms with Gasteiger partial charge in [-0.1, -0.05) is 18.2 Å². The van der Waals surface area contributed by atoms with Crippen LogP contribution in [0.4, 0.5) is 5.69 Å². The first-order valence-corrected chi connectivity index (χ1v) is 11.1. The topological polar surface area (TPSA) is 89.6 Å². The number of carbonyl (C=O) groups excluding carboxylic acids is 1. The number of H-pyrrole nitrogens is 1. The Morgan fingerprint density at radius 2 is 1.82 bits per heavy atom. The predicted octanol–water partition coefficient (Wildman–Crippen LogP) is 1.16. The highest BCUT2D eigenvalue weighted by Gasteiger charge is 2.36. The Kier molecular flexibility index (Phi) is 5.36. The van der Waals surface area contributed by atoms with Crippen molar-refractivity contribution in [3.8, 4) is 0 Å². The summed E-state index contributed by atoms with van der Waals surface area (Å²) in [6.07, 6.45) is 4.08. The molecule has 0 saturated carbocycles. The second kappa shape index (κ2) is 7.92. The van der Waals surface area contributed by atoms with Gasteiger partial charge in [0, 0.05) is 45.0 Å². The number of hydrogen-bond donors (Lipinski definition) is 1. The average Bonchev–Trinajstić information content (AvgIpc) is 3.30. The Hall–Kier alpha value is -2.39. The van der Waals surface area contributed by atoms with Gasteiger partial charge in [0.25, 0.3) is 10.0 Å².